The van der Waals surface area contributed by atoms with E-state index in [0.717, 1.165) is 5.56 Å². The number of halogens is 2. The minimum atomic E-state index is -0.395. The number of hydrogen-bond donors (Lipinski definition) is 0. The minimum absolute atomic E-state index is 0.176. The third kappa shape index (κ3) is 3.99. The van der Waals surface area contributed by atoms with Crippen molar-refractivity contribution in [3.8, 4) is 6.07 Å². The molecule has 0 radical (unpaired) electrons. The van der Waals surface area contributed by atoms with Gasteiger partial charge in [0.05, 0.1) is 11.1 Å². The fourth-order valence-corrected chi connectivity index (χ4v) is 1.79. The molecule has 1 aromatic carbocycles. The molecule has 17 heavy (non-hydrogen) atoms. The Morgan fingerprint density at radius 1 is 1.47 bits per heavy atom. The van der Waals surface area contributed by atoms with E-state index in [1.165, 1.54) is 6.07 Å². The summed E-state index contributed by atoms with van der Waals surface area (Å²) in [5, 5.41) is 8.78. The van der Waals surface area contributed by atoms with Crippen LogP contribution in [-0.2, 0) is 6.54 Å². The smallest absolute Gasteiger partial charge is 0.142 e. The summed E-state index contributed by atoms with van der Waals surface area (Å²) in [5.74, 6) is -0.395. The normalized spacial score (nSPS) is 10.9. The largest absolute Gasteiger partial charge is 0.296 e. The molecule has 2 nitrogen and oxygen atoms in total. The zero-order valence-electron chi connectivity index (χ0n) is 10.1. The number of benzene rings is 1. The Bertz CT molecular complexity index is 412. The van der Waals surface area contributed by atoms with Crippen LogP contribution in [-0.4, -0.2) is 17.5 Å². The molecule has 0 aliphatic carbocycles. The highest BCUT2D eigenvalue weighted by atomic mass is 35.5. The summed E-state index contributed by atoms with van der Waals surface area (Å²) in [7, 11) is 0. The van der Waals surface area contributed by atoms with Gasteiger partial charge in [0.1, 0.15) is 5.82 Å². The van der Waals surface area contributed by atoms with E-state index in [9.17, 15) is 4.39 Å². The highest BCUT2D eigenvalue weighted by Crippen LogP contribution is 2.21. The Kier molecular flexibility index (Phi) is 5.40. The van der Waals surface area contributed by atoms with E-state index in [0.29, 0.717) is 25.6 Å². The second-order valence-corrected chi connectivity index (χ2v) is 4.56. The molecule has 1 rings (SSSR count). The molecule has 0 aromatic heterocycles. The Morgan fingerprint density at radius 3 is 2.76 bits per heavy atom. The van der Waals surface area contributed by atoms with E-state index in [1.807, 2.05) is 19.9 Å². The lowest BCUT2D eigenvalue weighted by Gasteiger charge is -2.25. The second-order valence-electron chi connectivity index (χ2n) is 4.19. The molecule has 0 aliphatic heterocycles. The molecule has 4 heteroatoms. The first-order valence-electron chi connectivity index (χ1n) is 5.60. The van der Waals surface area contributed by atoms with Crippen LogP contribution >= 0.6 is 11.6 Å². The second kappa shape index (κ2) is 6.58. The van der Waals surface area contributed by atoms with Crippen LogP contribution in [0.3, 0.4) is 0 Å². The number of nitrogens with zero attached hydrogens (tertiary/aromatic N) is 2. The molecule has 0 N–H and O–H groups in total. The zero-order valence-corrected chi connectivity index (χ0v) is 10.8. The van der Waals surface area contributed by atoms with Crippen molar-refractivity contribution < 1.29 is 4.39 Å². The predicted molar refractivity (Wildman–Crippen MR) is 67.2 cm³/mol. The molecule has 0 unspecified atom stereocenters. The van der Waals surface area contributed by atoms with Crippen LogP contribution in [0.4, 0.5) is 4.39 Å². The van der Waals surface area contributed by atoms with Crippen molar-refractivity contribution in [2.24, 2.45) is 0 Å². The molecule has 0 spiro atoms. The first kappa shape index (κ1) is 14.0. The van der Waals surface area contributed by atoms with E-state index >= 15 is 0 Å². The van der Waals surface area contributed by atoms with Crippen LogP contribution in [0.1, 0.15) is 25.8 Å². The van der Waals surface area contributed by atoms with Gasteiger partial charge in [-0.05, 0) is 25.5 Å². The van der Waals surface area contributed by atoms with E-state index < -0.39 is 5.82 Å². The van der Waals surface area contributed by atoms with Gasteiger partial charge in [0.25, 0.3) is 0 Å². The maximum atomic E-state index is 13.3. The fourth-order valence-electron chi connectivity index (χ4n) is 1.60. The molecule has 0 fully saturated rings. The van der Waals surface area contributed by atoms with Crippen LogP contribution in [0.5, 0.6) is 0 Å². The molecule has 0 bridgehead atoms. The van der Waals surface area contributed by atoms with E-state index in [1.54, 1.807) is 6.07 Å². The van der Waals surface area contributed by atoms with Gasteiger partial charge in [-0.1, -0.05) is 23.7 Å². The van der Waals surface area contributed by atoms with Crippen LogP contribution in [0.2, 0.25) is 5.02 Å². The van der Waals surface area contributed by atoms with Gasteiger partial charge >= 0.3 is 0 Å². The topological polar surface area (TPSA) is 27.0 Å². The van der Waals surface area contributed by atoms with Crippen LogP contribution in [0.25, 0.3) is 0 Å². The van der Waals surface area contributed by atoms with Gasteiger partial charge < -0.3 is 0 Å². The highest BCUT2D eigenvalue weighted by Gasteiger charge is 2.13. The summed E-state index contributed by atoms with van der Waals surface area (Å²) < 4.78 is 13.3. The van der Waals surface area contributed by atoms with E-state index in [-0.39, 0.29) is 5.02 Å². The van der Waals surface area contributed by atoms with Crippen molar-refractivity contribution in [2.45, 2.75) is 32.9 Å². The first-order valence-corrected chi connectivity index (χ1v) is 5.98. The highest BCUT2D eigenvalue weighted by molar-refractivity contribution is 6.31. The van der Waals surface area contributed by atoms with Gasteiger partial charge in [-0.25, -0.2) is 4.39 Å². The van der Waals surface area contributed by atoms with Crippen molar-refractivity contribution in [3.05, 3.63) is 34.6 Å². The molecule has 0 amide bonds. The minimum Gasteiger partial charge on any atom is -0.296 e. The number of nitriles is 1. The van der Waals surface area contributed by atoms with E-state index in [4.69, 9.17) is 16.9 Å². The number of hydrogen-bond acceptors (Lipinski definition) is 2. The van der Waals surface area contributed by atoms with Gasteiger partial charge in [-0.3, -0.25) is 4.90 Å². The van der Waals surface area contributed by atoms with Crippen LogP contribution in [0, 0.1) is 17.1 Å². The Morgan fingerprint density at radius 2 is 2.18 bits per heavy atom. The fraction of sp³-hybridized carbons (Fsp3) is 0.462. The van der Waals surface area contributed by atoms with Crippen molar-refractivity contribution in [1.82, 2.24) is 4.90 Å². The Labute approximate surface area is 107 Å². The van der Waals surface area contributed by atoms with Crippen LogP contribution < -0.4 is 0 Å². The quantitative estimate of drug-likeness (QED) is 0.803. The number of rotatable bonds is 5. The monoisotopic (exact) mass is 254 g/mol. The van der Waals surface area contributed by atoms with Crippen molar-refractivity contribution in [3.63, 3.8) is 0 Å². The standard InChI is InChI=1S/C13H16ClFN2/c1-10(2)17(8-4-7-16)9-11-5-3-6-12(15)13(11)14/h3,5-6,10H,4,8-9H2,1-2H3. The lowest BCUT2D eigenvalue weighted by Crippen LogP contribution is -2.31. The third-order valence-electron chi connectivity index (χ3n) is 2.65. The van der Waals surface area contributed by atoms with Crippen molar-refractivity contribution in [2.75, 3.05) is 6.54 Å². The molecular weight excluding hydrogens is 239 g/mol. The van der Waals surface area contributed by atoms with Crippen LogP contribution in [0.15, 0.2) is 18.2 Å². The SMILES string of the molecule is CC(C)N(CCC#N)Cc1cccc(F)c1Cl. The van der Waals surface area contributed by atoms with Gasteiger partial charge in [0.2, 0.25) is 0 Å². The summed E-state index contributed by atoms with van der Waals surface area (Å²) in [5.41, 5.74) is 0.762. The lowest BCUT2D eigenvalue weighted by molar-refractivity contribution is 0.217. The molecule has 0 saturated heterocycles. The first-order chi connectivity index (χ1) is 8.06. The van der Waals surface area contributed by atoms with E-state index in [2.05, 4.69) is 11.0 Å². The van der Waals surface area contributed by atoms with Gasteiger partial charge in [0, 0.05) is 25.6 Å². The summed E-state index contributed by atoms with van der Waals surface area (Å²) in [6.07, 6.45) is 0.463. The maximum absolute atomic E-state index is 13.3. The molecule has 0 heterocycles. The average Bonchev–Trinajstić information content (AvgIpc) is 2.29. The molecular formula is C13H16ClFN2. The van der Waals surface area contributed by atoms with Crippen molar-refractivity contribution >= 4 is 11.6 Å². The molecule has 0 aliphatic rings. The third-order valence-corrected chi connectivity index (χ3v) is 3.07. The summed E-state index contributed by atoms with van der Waals surface area (Å²) in [6.45, 7) is 5.33. The molecule has 0 saturated carbocycles. The molecule has 0 atom stereocenters. The van der Waals surface area contributed by atoms with Gasteiger partial charge in [0.15, 0.2) is 0 Å². The van der Waals surface area contributed by atoms with Gasteiger partial charge in [-0.15, -0.1) is 0 Å². The Balaban J connectivity index is 2.79. The summed E-state index contributed by atoms with van der Waals surface area (Å²) in [4.78, 5) is 2.10. The van der Waals surface area contributed by atoms with Gasteiger partial charge in [-0.2, -0.15) is 5.26 Å². The zero-order chi connectivity index (χ0) is 12.8. The summed E-state index contributed by atoms with van der Waals surface area (Å²) in [6, 6.07) is 7.22. The molecule has 92 valence electrons. The predicted octanol–water partition coefficient (Wildman–Crippen LogP) is 3.60. The van der Waals surface area contributed by atoms with Crippen molar-refractivity contribution in [1.29, 1.82) is 5.26 Å². The Hall–Kier alpha value is -1.11. The molecule has 1 aromatic rings. The summed E-state index contributed by atoms with van der Waals surface area (Å²) >= 11 is 5.91. The lowest BCUT2D eigenvalue weighted by atomic mass is 10.1. The maximum Gasteiger partial charge on any atom is 0.142 e. The average molecular weight is 255 g/mol.